The Bertz CT molecular complexity index is 638. The van der Waals surface area contributed by atoms with Crippen LogP contribution in [0.2, 0.25) is 5.02 Å². The minimum absolute atomic E-state index is 0.0439. The van der Waals surface area contributed by atoms with Gasteiger partial charge in [0.2, 0.25) is 5.91 Å². The van der Waals surface area contributed by atoms with E-state index in [-0.39, 0.29) is 18.9 Å². The molecule has 0 saturated heterocycles. The maximum atomic E-state index is 12.1. The molecule has 0 aliphatic heterocycles. The molecule has 2 rings (SSSR count). The van der Waals surface area contributed by atoms with Gasteiger partial charge in [-0.15, -0.1) is 0 Å². The summed E-state index contributed by atoms with van der Waals surface area (Å²) < 4.78 is 10.4. The van der Waals surface area contributed by atoms with Gasteiger partial charge in [0.05, 0.1) is 26.3 Å². The predicted octanol–water partition coefficient (Wildman–Crippen LogP) is 2.51. The zero-order chi connectivity index (χ0) is 16.2. The van der Waals surface area contributed by atoms with E-state index in [2.05, 4.69) is 5.32 Å². The van der Waals surface area contributed by atoms with E-state index < -0.39 is 5.60 Å². The summed E-state index contributed by atoms with van der Waals surface area (Å²) in [5.41, 5.74) is -0.581. The molecule has 1 aromatic carbocycles. The van der Waals surface area contributed by atoms with Crippen LogP contribution in [0.15, 0.2) is 41.0 Å². The van der Waals surface area contributed by atoms with Crippen LogP contribution in [-0.4, -0.2) is 24.7 Å². The van der Waals surface area contributed by atoms with Gasteiger partial charge in [-0.3, -0.25) is 4.79 Å². The predicted molar refractivity (Wildman–Crippen MR) is 83.0 cm³/mol. The molecule has 118 valence electrons. The third-order valence-corrected chi connectivity index (χ3v) is 3.51. The lowest BCUT2D eigenvalue weighted by atomic mass is 10.0. The van der Waals surface area contributed by atoms with Crippen molar-refractivity contribution >= 4 is 17.5 Å². The van der Waals surface area contributed by atoms with Gasteiger partial charge < -0.3 is 19.6 Å². The van der Waals surface area contributed by atoms with Crippen LogP contribution in [0, 0.1) is 0 Å². The van der Waals surface area contributed by atoms with Crippen molar-refractivity contribution in [3.05, 3.63) is 52.9 Å². The summed E-state index contributed by atoms with van der Waals surface area (Å²) in [6.07, 6.45) is 1.58. The van der Waals surface area contributed by atoms with Gasteiger partial charge in [-0.2, -0.15) is 0 Å². The fourth-order valence-electron chi connectivity index (χ4n) is 2.06. The fraction of sp³-hybridized carbons (Fsp3) is 0.312. The largest absolute Gasteiger partial charge is 0.496 e. The van der Waals surface area contributed by atoms with Gasteiger partial charge in [-0.1, -0.05) is 11.6 Å². The lowest BCUT2D eigenvalue weighted by molar-refractivity contribution is -0.121. The number of hydrogen-bond donors (Lipinski definition) is 2. The molecular weight excluding hydrogens is 306 g/mol. The topological polar surface area (TPSA) is 71.7 Å². The molecule has 0 saturated carbocycles. The third kappa shape index (κ3) is 4.02. The Hall–Kier alpha value is -1.98. The van der Waals surface area contributed by atoms with E-state index in [1.807, 2.05) is 0 Å². The monoisotopic (exact) mass is 323 g/mol. The molecule has 0 spiro atoms. The van der Waals surface area contributed by atoms with Gasteiger partial charge >= 0.3 is 0 Å². The first-order valence-electron chi connectivity index (χ1n) is 6.78. The summed E-state index contributed by atoms with van der Waals surface area (Å²) in [5, 5.41) is 13.5. The van der Waals surface area contributed by atoms with E-state index in [1.165, 1.54) is 13.4 Å². The van der Waals surface area contributed by atoms with E-state index in [1.54, 1.807) is 37.3 Å². The lowest BCUT2D eigenvalue weighted by Gasteiger charge is -2.21. The van der Waals surface area contributed by atoms with Crippen molar-refractivity contribution in [2.24, 2.45) is 0 Å². The Kier molecular flexibility index (Phi) is 5.11. The van der Waals surface area contributed by atoms with Crippen molar-refractivity contribution < 1.29 is 19.1 Å². The molecule has 1 atom stereocenters. The number of amides is 1. The Balaban J connectivity index is 1.98. The second kappa shape index (κ2) is 6.85. The summed E-state index contributed by atoms with van der Waals surface area (Å²) in [4.78, 5) is 12.1. The van der Waals surface area contributed by atoms with Crippen LogP contribution in [0.5, 0.6) is 5.75 Å². The van der Waals surface area contributed by atoms with Crippen molar-refractivity contribution in [2.75, 3.05) is 13.7 Å². The normalized spacial score (nSPS) is 13.5. The molecule has 0 aliphatic carbocycles. The summed E-state index contributed by atoms with van der Waals surface area (Å²) in [5.74, 6) is 0.748. The molecule has 1 aromatic heterocycles. The minimum atomic E-state index is -1.27. The van der Waals surface area contributed by atoms with Crippen molar-refractivity contribution in [1.82, 2.24) is 5.32 Å². The SMILES string of the molecule is COc1ccc(Cl)cc1CC(=O)NCC(C)(O)c1ccco1. The fourth-order valence-corrected chi connectivity index (χ4v) is 2.26. The number of carbonyl (C=O) groups is 1. The quantitative estimate of drug-likeness (QED) is 0.857. The number of furan rings is 1. The van der Waals surface area contributed by atoms with Gasteiger partial charge in [0.1, 0.15) is 17.1 Å². The maximum absolute atomic E-state index is 12.1. The Labute approximate surface area is 133 Å². The van der Waals surface area contributed by atoms with Crippen LogP contribution in [0.1, 0.15) is 18.2 Å². The first-order chi connectivity index (χ1) is 10.4. The van der Waals surface area contributed by atoms with E-state index in [4.69, 9.17) is 20.8 Å². The first-order valence-corrected chi connectivity index (χ1v) is 7.15. The van der Waals surface area contributed by atoms with Crippen LogP contribution < -0.4 is 10.1 Å². The third-order valence-electron chi connectivity index (χ3n) is 3.28. The zero-order valence-corrected chi connectivity index (χ0v) is 13.2. The highest BCUT2D eigenvalue weighted by Gasteiger charge is 2.26. The number of ether oxygens (including phenoxy) is 1. The van der Waals surface area contributed by atoms with E-state index in [0.29, 0.717) is 22.1 Å². The summed E-state index contributed by atoms with van der Waals surface area (Å²) in [6, 6.07) is 8.44. The second-order valence-corrected chi connectivity index (χ2v) is 5.60. The van der Waals surface area contributed by atoms with Crippen LogP contribution in [0.25, 0.3) is 0 Å². The molecule has 0 bridgehead atoms. The number of aliphatic hydroxyl groups is 1. The average molecular weight is 324 g/mol. The molecule has 5 nitrogen and oxygen atoms in total. The second-order valence-electron chi connectivity index (χ2n) is 5.16. The van der Waals surface area contributed by atoms with Crippen molar-refractivity contribution in [3.63, 3.8) is 0 Å². The Morgan fingerprint density at radius 1 is 1.45 bits per heavy atom. The van der Waals surface area contributed by atoms with Gasteiger partial charge in [0.15, 0.2) is 0 Å². The number of hydrogen-bond acceptors (Lipinski definition) is 4. The molecule has 2 N–H and O–H groups in total. The van der Waals surface area contributed by atoms with E-state index >= 15 is 0 Å². The highest BCUT2D eigenvalue weighted by atomic mass is 35.5. The van der Waals surface area contributed by atoms with Crippen molar-refractivity contribution in [3.8, 4) is 5.75 Å². The molecular formula is C16H18ClNO4. The number of benzene rings is 1. The maximum Gasteiger partial charge on any atom is 0.224 e. The molecule has 0 fully saturated rings. The van der Waals surface area contributed by atoms with Crippen LogP contribution >= 0.6 is 11.6 Å². The molecule has 2 aromatic rings. The summed E-state index contributed by atoms with van der Waals surface area (Å²) in [7, 11) is 1.53. The van der Waals surface area contributed by atoms with Crippen LogP contribution in [0.3, 0.4) is 0 Å². The lowest BCUT2D eigenvalue weighted by Crippen LogP contribution is -2.39. The zero-order valence-electron chi connectivity index (χ0n) is 12.4. The highest BCUT2D eigenvalue weighted by molar-refractivity contribution is 6.30. The number of nitrogens with one attached hydrogen (secondary N) is 1. The molecule has 0 radical (unpaired) electrons. The van der Waals surface area contributed by atoms with Crippen LogP contribution in [-0.2, 0) is 16.8 Å². The number of halogens is 1. The average Bonchev–Trinajstić information content (AvgIpc) is 3.01. The smallest absolute Gasteiger partial charge is 0.224 e. The number of carbonyl (C=O) groups excluding carboxylic acids is 1. The Morgan fingerprint density at radius 2 is 2.23 bits per heavy atom. The molecule has 22 heavy (non-hydrogen) atoms. The number of methoxy groups -OCH3 is 1. The van der Waals surface area contributed by atoms with Gasteiger partial charge in [-0.05, 0) is 37.3 Å². The molecule has 1 heterocycles. The van der Waals surface area contributed by atoms with E-state index in [0.717, 1.165) is 0 Å². The first kappa shape index (κ1) is 16.4. The Morgan fingerprint density at radius 3 is 2.86 bits per heavy atom. The summed E-state index contributed by atoms with van der Waals surface area (Å²) in [6.45, 7) is 1.62. The molecule has 1 amide bonds. The van der Waals surface area contributed by atoms with Crippen molar-refractivity contribution in [1.29, 1.82) is 0 Å². The van der Waals surface area contributed by atoms with Crippen LogP contribution in [0.4, 0.5) is 0 Å². The van der Waals surface area contributed by atoms with Gasteiger partial charge in [-0.25, -0.2) is 0 Å². The standard InChI is InChI=1S/C16H18ClNO4/c1-16(20,14-4-3-7-22-14)10-18-15(19)9-11-8-12(17)5-6-13(11)21-2/h3-8,20H,9-10H2,1-2H3,(H,18,19). The van der Waals surface area contributed by atoms with E-state index in [9.17, 15) is 9.90 Å². The highest BCUT2D eigenvalue weighted by Crippen LogP contribution is 2.23. The van der Waals surface area contributed by atoms with Crippen molar-refractivity contribution in [2.45, 2.75) is 18.9 Å². The summed E-state index contributed by atoms with van der Waals surface area (Å²) >= 11 is 5.93. The molecule has 1 unspecified atom stereocenters. The minimum Gasteiger partial charge on any atom is -0.496 e. The molecule has 6 heteroatoms. The van der Waals surface area contributed by atoms with Gasteiger partial charge in [0, 0.05) is 10.6 Å². The van der Waals surface area contributed by atoms with Gasteiger partial charge in [0.25, 0.3) is 0 Å². The molecule has 0 aliphatic rings. The number of rotatable bonds is 6.